The van der Waals surface area contributed by atoms with Gasteiger partial charge in [0.2, 0.25) is 0 Å². The summed E-state index contributed by atoms with van der Waals surface area (Å²) in [4.78, 5) is 15.3. The Balaban J connectivity index is 1.99. The van der Waals surface area contributed by atoms with Crippen molar-refractivity contribution in [2.75, 3.05) is 0 Å². The number of fused-ring (bicyclic) bond motifs is 1. The maximum Gasteiger partial charge on any atom is 0.270 e. The number of benzene rings is 1. The number of nitro groups is 1. The fraction of sp³-hybridized carbons (Fsp3) is 0.267. The lowest BCUT2D eigenvalue weighted by molar-refractivity contribution is -0.385. The van der Waals surface area contributed by atoms with Gasteiger partial charge in [0.05, 0.1) is 22.1 Å². The van der Waals surface area contributed by atoms with Gasteiger partial charge in [0, 0.05) is 36.0 Å². The van der Waals surface area contributed by atoms with E-state index in [4.69, 9.17) is 0 Å². The van der Waals surface area contributed by atoms with Gasteiger partial charge in [-0.2, -0.15) is 0 Å². The van der Waals surface area contributed by atoms with Crippen molar-refractivity contribution in [2.24, 2.45) is 0 Å². The third-order valence-corrected chi connectivity index (χ3v) is 5.31. The summed E-state index contributed by atoms with van der Waals surface area (Å²) in [7, 11) is 0. The Morgan fingerprint density at radius 2 is 2.41 bits per heavy atom. The van der Waals surface area contributed by atoms with Crippen molar-refractivity contribution in [3.05, 3.63) is 65.3 Å². The second kappa shape index (κ2) is 5.58. The maximum atomic E-state index is 10.9. The number of imidazole rings is 1. The van der Waals surface area contributed by atoms with Gasteiger partial charge in [0.1, 0.15) is 0 Å². The molecule has 2 unspecified atom stereocenters. The average molecular weight is 317 g/mol. The summed E-state index contributed by atoms with van der Waals surface area (Å²) >= 11 is 1.47. The standard InChI is InChI=1S/C15H15N3O3S/c1-2-5-15(9-17-7-6-16-10-17)14(19)12-4-3-11(18(20)21)8-13(12)22-15/h2-4,6-8,10,14,19H,1,5,9H2. The number of nitro benzene ring substituents is 1. The average Bonchev–Trinajstić information content (AvgIpc) is 3.07. The van der Waals surface area contributed by atoms with Gasteiger partial charge < -0.3 is 9.67 Å². The second-order valence-electron chi connectivity index (χ2n) is 5.28. The van der Waals surface area contributed by atoms with E-state index in [0.717, 1.165) is 10.5 Å². The van der Waals surface area contributed by atoms with Gasteiger partial charge in [-0.1, -0.05) is 6.08 Å². The number of aliphatic hydroxyl groups is 1. The molecule has 2 atom stereocenters. The van der Waals surface area contributed by atoms with Gasteiger partial charge in [0.15, 0.2) is 0 Å². The zero-order valence-corrected chi connectivity index (χ0v) is 12.6. The summed E-state index contributed by atoms with van der Waals surface area (Å²) in [5.74, 6) is 0. The van der Waals surface area contributed by atoms with Crippen LogP contribution in [0.1, 0.15) is 18.1 Å². The molecule has 0 fully saturated rings. The van der Waals surface area contributed by atoms with Crippen molar-refractivity contribution in [2.45, 2.75) is 28.7 Å². The molecule has 0 amide bonds. The van der Waals surface area contributed by atoms with Gasteiger partial charge in [-0.05, 0) is 18.1 Å². The Morgan fingerprint density at radius 1 is 1.59 bits per heavy atom. The molecular weight excluding hydrogens is 302 g/mol. The van der Waals surface area contributed by atoms with Crippen molar-refractivity contribution >= 4 is 17.4 Å². The molecule has 6 nitrogen and oxygen atoms in total. The summed E-state index contributed by atoms with van der Waals surface area (Å²) in [6, 6.07) is 4.61. The van der Waals surface area contributed by atoms with E-state index in [1.54, 1.807) is 24.7 Å². The molecule has 3 rings (SSSR count). The molecule has 22 heavy (non-hydrogen) atoms. The van der Waals surface area contributed by atoms with E-state index in [-0.39, 0.29) is 5.69 Å². The number of allylic oxidation sites excluding steroid dienone is 1. The number of aliphatic hydroxyl groups excluding tert-OH is 1. The Kier molecular flexibility index (Phi) is 3.76. The minimum Gasteiger partial charge on any atom is -0.387 e. The first-order valence-electron chi connectivity index (χ1n) is 6.78. The van der Waals surface area contributed by atoms with E-state index in [9.17, 15) is 15.2 Å². The fourth-order valence-corrected chi connectivity index (χ4v) is 4.35. The Morgan fingerprint density at radius 3 is 3.05 bits per heavy atom. The normalized spacial score (nSPS) is 23.2. The lowest BCUT2D eigenvalue weighted by Gasteiger charge is -2.31. The zero-order chi connectivity index (χ0) is 15.7. The molecule has 114 valence electrons. The third-order valence-electron chi connectivity index (χ3n) is 3.81. The monoisotopic (exact) mass is 317 g/mol. The number of hydrogen-bond donors (Lipinski definition) is 1. The number of hydrogen-bond acceptors (Lipinski definition) is 5. The van der Waals surface area contributed by atoms with Crippen molar-refractivity contribution in [1.82, 2.24) is 9.55 Å². The van der Waals surface area contributed by atoms with Crippen LogP contribution < -0.4 is 0 Å². The number of non-ortho nitro benzene ring substituents is 1. The zero-order valence-electron chi connectivity index (χ0n) is 11.8. The lowest BCUT2D eigenvalue weighted by atomic mass is 9.92. The molecule has 7 heteroatoms. The molecule has 1 aliphatic heterocycles. The molecule has 2 aromatic rings. The summed E-state index contributed by atoms with van der Waals surface area (Å²) < 4.78 is 1.38. The topological polar surface area (TPSA) is 81.2 Å². The number of aromatic nitrogens is 2. The highest BCUT2D eigenvalue weighted by Gasteiger charge is 2.46. The van der Waals surface area contributed by atoms with E-state index >= 15 is 0 Å². The van der Waals surface area contributed by atoms with Crippen LogP contribution in [-0.4, -0.2) is 24.3 Å². The van der Waals surface area contributed by atoms with E-state index in [1.807, 2.05) is 10.8 Å². The van der Waals surface area contributed by atoms with Crippen molar-refractivity contribution in [1.29, 1.82) is 0 Å². The predicted octanol–water partition coefficient (Wildman–Crippen LogP) is 2.95. The van der Waals surface area contributed by atoms with Gasteiger partial charge >= 0.3 is 0 Å². The molecule has 0 saturated heterocycles. The highest BCUT2D eigenvalue weighted by atomic mass is 32.2. The van der Waals surface area contributed by atoms with Gasteiger partial charge in [-0.25, -0.2) is 4.98 Å². The van der Waals surface area contributed by atoms with E-state index in [2.05, 4.69) is 11.6 Å². The molecular formula is C15H15N3O3S. The highest BCUT2D eigenvalue weighted by Crippen LogP contribution is 2.55. The number of nitrogens with zero attached hydrogens (tertiary/aromatic N) is 3. The van der Waals surface area contributed by atoms with E-state index in [0.29, 0.717) is 13.0 Å². The first-order chi connectivity index (χ1) is 10.6. The van der Waals surface area contributed by atoms with Crippen LogP contribution in [0.3, 0.4) is 0 Å². The smallest absolute Gasteiger partial charge is 0.270 e. The van der Waals surface area contributed by atoms with Crippen LogP contribution in [0.2, 0.25) is 0 Å². The summed E-state index contributed by atoms with van der Waals surface area (Å²) in [6.45, 7) is 4.33. The molecule has 0 spiro atoms. The first kappa shape index (κ1) is 14.8. The largest absolute Gasteiger partial charge is 0.387 e. The van der Waals surface area contributed by atoms with Gasteiger partial charge in [-0.3, -0.25) is 10.1 Å². The van der Waals surface area contributed by atoms with Gasteiger partial charge in [-0.15, -0.1) is 18.3 Å². The molecule has 0 bridgehead atoms. The maximum absolute atomic E-state index is 10.9. The molecule has 0 saturated carbocycles. The van der Waals surface area contributed by atoms with Crippen LogP contribution in [0.5, 0.6) is 0 Å². The van der Waals surface area contributed by atoms with Crippen molar-refractivity contribution < 1.29 is 10.0 Å². The van der Waals surface area contributed by atoms with Crippen LogP contribution in [-0.2, 0) is 6.54 Å². The number of thioether (sulfide) groups is 1. The molecule has 1 aromatic heterocycles. The molecule has 1 N–H and O–H groups in total. The molecule has 0 aliphatic carbocycles. The minimum atomic E-state index is -0.714. The van der Waals surface area contributed by atoms with Crippen molar-refractivity contribution in [3.8, 4) is 0 Å². The van der Waals surface area contributed by atoms with E-state index in [1.165, 1.54) is 23.9 Å². The SMILES string of the molecule is C=CCC1(Cn2ccnc2)Sc2cc([N+](=O)[O-])ccc2C1O. The second-order valence-corrected chi connectivity index (χ2v) is 6.73. The first-order valence-corrected chi connectivity index (χ1v) is 7.59. The van der Waals surface area contributed by atoms with Crippen LogP contribution in [0, 0.1) is 10.1 Å². The lowest BCUT2D eigenvalue weighted by Crippen LogP contribution is -2.33. The third kappa shape index (κ3) is 2.42. The minimum absolute atomic E-state index is 0.0375. The van der Waals surface area contributed by atoms with Crippen LogP contribution in [0.4, 0.5) is 5.69 Å². The highest BCUT2D eigenvalue weighted by molar-refractivity contribution is 8.01. The Hall–Kier alpha value is -2.12. The quantitative estimate of drug-likeness (QED) is 0.521. The summed E-state index contributed by atoms with van der Waals surface area (Å²) in [5, 5.41) is 21.7. The van der Waals surface area contributed by atoms with E-state index < -0.39 is 15.8 Å². The number of rotatable bonds is 5. The summed E-state index contributed by atoms with van der Waals surface area (Å²) in [5.41, 5.74) is 0.771. The van der Waals surface area contributed by atoms with Crippen molar-refractivity contribution in [3.63, 3.8) is 0 Å². The molecule has 1 aromatic carbocycles. The Labute approximate surface area is 131 Å². The predicted molar refractivity (Wildman–Crippen MR) is 83.7 cm³/mol. The fourth-order valence-electron chi connectivity index (χ4n) is 2.78. The van der Waals surface area contributed by atoms with Crippen LogP contribution >= 0.6 is 11.8 Å². The van der Waals surface area contributed by atoms with Crippen LogP contribution in [0.15, 0.2) is 54.5 Å². The molecule has 2 heterocycles. The molecule has 1 aliphatic rings. The molecule has 0 radical (unpaired) electrons. The summed E-state index contributed by atoms with van der Waals surface area (Å²) in [6.07, 6.45) is 6.86. The Bertz CT molecular complexity index is 717. The van der Waals surface area contributed by atoms with Crippen LogP contribution in [0.25, 0.3) is 0 Å². The van der Waals surface area contributed by atoms with Gasteiger partial charge in [0.25, 0.3) is 5.69 Å².